The number of pyridine rings is 1. The molecule has 0 unspecified atom stereocenters. The molecular formula is C38H39BrF3N5O4. The van der Waals surface area contributed by atoms with E-state index in [0.717, 1.165) is 66.1 Å². The highest BCUT2D eigenvalue weighted by Gasteiger charge is 2.30. The molecule has 9 nitrogen and oxygen atoms in total. The maximum absolute atomic E-state index is 13.7. The lowest BCUT2D eigenvalue weighted by atomic mass is 10.1. The number of piperazine rings is 1. The number of fused-ring (bicyclic) bond motifs is 1. The maximum Gasteiger partial charge on any atom is 0.416 e. The van der Waals surface area contributed by atoms with Gasteiger partial charge in [0.2, 0.25) is 5.88 Å². The maximum atomic E-state index is 13.7. The van der Waals surface area contributed by atoms with E-state index in [4.69, 9.17) is 9.47 Å². The van der Waals surface area contributed by atoms with Gasteiger partial charge >= 0.3 is 6.18 Å². The molecule has 268 valence electrons. The normalized spacial score (nSPS) is 13.5. The van der Waals surface area contributed by atoms with Crippen LogP contribution in [0.15, 0.2) is 85.1 Å². The Morgan fingerprint density at radius 1 is 0.922 bits per heavy atom. The third kappa shape index (κ3) is 8.20. The second-order valence-corrected chi connectivity index (χ2v) is 12.3. The fourth-order valence-corrected chi connectivity index (χ4v) is 6.09. The quantitative estimate of drug-likeness (QED) is 0.152. The highest BCUT2D eigenvalue weighted by Crippen LogP contribution is 2.33. The molecule has 13 heteroatoms. The van der Waals surface area contributed by atoms with Crippen molar-refractivity contribution < 1.29 is 32.2 Å². The summed E-state index contributed by atoms with van der Waals surface area (Å²) in [6, 6.07) is 21.1. The average molecular weight is 767 g/mol. The van der Waals surface area contributed by atoms with Crippen LogP contribution in [0, 0.1) is 6.92 Å². The fraction of sp³-hybridized carbons (Fsp3) is 0.289. The van der Waals surface area contributed by atoms with Crippen molar-refractivity contribution in [3.63, 3.8) is 0 Å². The topological polar surface area (TPSA) is 80.1 Å². The van der Waals surface area contributed by atoms with Gasteiger partial charge < -0.3 is 23.8 Å². The van der Waals surface area contributed by atoms with Gasteiger partial charge in [0.05, 0.1) is 24.1 Å². The zero-order chi connectivity index (χ0) is 35.6. The van der Waals surface area contributed by atoms with E-state index in [1.165, 1.54) is 23.7 Å². The number of hydrogen-bond acceptors (Lipinski definition) is 6. The molecule has 2 aromatic heterocycles. The highest BCUT2D eigenvalue weighted by molar-refractivity contribution is 8.93. The molecule has 1 aliphatic rings. The second kappa shape index (κ2) is 15.6. The number of carbonyl (C=O) groups excluding carboxylic acids is 2. The van der Waals surface area contributed by atoms with Gasteiger partial charge in [-0.15, -0.1) is 17.0 Å². The first-order valence-electron chi connectivity index (χ1n) is 16.3. The van der Waals surface area contributed by atoms with Gasteiger partial charge in [0.15, 0.2) is 0 Å². The van der Waals surface area contributed by atoms with Gasteiger partial charge in [0, 0.05) is 74.9 Å². The molecule has 51 heavy (non-hydrogen) atoms. The zero-order valence-electron chi connectivity index (χ0n) is 28.7. The number of anilines is 1. The number of carbonyl (C=O) groups is 2. The summed E-state index contributed by atoms with van der Waals surface area (Å²) in [5.74, 6) is 1.23. The zero-order valence-corrected chi connectivity index (χ0v) is 30.4. The van der Waals surface area contributed by atoms with Crippen molar-refractivity contribution in [1.82, 2.24) is 19.4 Å². The number of benzene rings is 3. The molecule has 0 bridgehead atoms. The van der Waals surface area contributed by atoms with Crippen LogP contribution in [0.1, 0.15) is 44.5 Å². The molecule has 6 rings (SSSR count). The number of aryl methyl sites for hydroxylation is 2. The Kier molecular flexibility index (Phi) is 11.4. The summed E-state index contributed by atoms with van der Waals surface area (Å²) in [5.41, 5.74) is 3.30. The highest BCUT2D eigenvalue weighted by atomic mass is 79.9. The Hall–Kier alpha value is -4.88. The molecule has 0 atom stereocenters. The molecule has 2 amide bonds. The SMILES string of the molecule is Br.CCOc1ccc(CN2CCN(C(=O)c3cc4c(C)c(Oc5ccc(N(C)C(=O)c6ccc(C(F)(F)F)cc6)cn5)ccc4n3C)CC2)cc1. The molecule has 1 aliphatic heterocycles. The molecular weight excluding hydrogens is 727 g/mol. The second-order valence-electron chi connectivity index (χ2n) is 12.3. The molecule has 0 N–H and O–H groups in total. The Bertz CT molecular complexity index is 1990. The van der Waals surface area contributed by atoms with Crippen molar-refractivity contribution in [3.8, 4) is 17.4 Å². The summed E-state index contributed by atoms with van der Waals surface area (Å²) in [4.78, 5) is 36.5. The van der Waals surface area contributed by atoms with Gasteiger partial charge in [-0.2, -0.15) is 13.2 Å². The first-order valence-corrected chi connectivity index (χ1v) is 16.3. The smallest absolute Gasteiger partial charge is 0.416 e. The molecule has 1 fully saturated rings. The minimum Gasteiger partial charge on any atom is -0.494 e. The summed E-state index contributed by atoms with van der Waals surface area (Å²) in [6.07, 6.45) is -3.02. The Morgan fingerprint density at radius 3 is 2.22 bits per heavy atom. The molecule has 0 saturated carbocycles. The van der Waals surface area contributed by atoms with Gasteiger partial charge in [-0.3, -0.25) is 14.5 Å². The Morgan fingerprint density at radius 2 is 1.61 bits per heavy atom. The van der Waals surface area contributed by atoms with Crippen molar-refractivity contribution in [1.29, 1.82) is 0 Å². The van der Waals surface area contributed by atoms with E-state index >= 15 is 0 Å². The Labute approximate surface area is 305 Å². The summed E-state index contributed by atoms with van der Waals surface area (Å²) in [6.45, 7) is 8.19. The van der Waals surface area contributed by atoms with E-state index in [2.05, 4.69) is 22.0 Å². The molecule has 0 spiro atoms. The van der Waals surface area contributed by atoms with Crippen LogP contribution in [0.2, 0.25) is 0 Å². The van der Waals surface area contributed by atoms with E-state index in [9.17, 15) is 22.8 Å². The number of alkyl halides is 3. The van der Waals surface area contributed by atoms with Gasteiger partial charge in [0.1, 0.15) is 17.2 Å². The van der Waals surface area contributed by atoms with Crippen LogP contribution < -0.4 is 14.4 Å². The van der Waals surface area contributed by atoms with Crippen molar-refractivity contribution in [2.75, 3.05) is 44.7 Å². The fourth-order valence-electron chi connectivity index (χ4n) is 6.09. The molecule has 3 heterocycles. The van der Waals surface area contributed by atoms with Crippen molar-refractivity contribution >= 4 is 45.4 Å². The largest absolute Gasteiger partial charge is 0.494 e. The lowest BCUT2D eigenvalue weighted by molar-refractivity contribution is -0.137. The van der Waals surface area contributed by atoms with Crippen LogP contribution in [-0.4, -0.2) is 71.0 Å². The van der Waals surface area contributed by atoms with Crippen LogP contribution in [0.5, 0.6) is 17.4 Å². The van der Waals surface area contributed by atoms with E-state index in [-0.39, 0.29) is 28.5 Å². The third-order valence-electron chi connectivity index (χ3n) is 9.05. The number of ether oxygens (including phenoxy) is 2. The van der Waals surface area contributed by atoms with E-state index in [0.29, 0.717) is 42.7 Å². The number of hydrogen-bond donors (Lipinski definition) is 0. The summed E-state index contributed by atoms with van der Waals surface area (Å²) in [5, 5.41) is 0.890. The average Bonchev–Trinajstić information content (AvgIpc) is 3.46. The lowest BCUT2D eigenvalue weighted by Crippen LogP contribution is -2.48. The van der Waals surface area contributed by atoms with Crippen LogP contribution in [0.3, 0.4) is 0 Å². The number of aromatic nitrogens is 2. The molecule has 5 aromatic rings. The number of nitrogens with zero attached hydrogens (tertiary/aromatic N) is 5. The van der Waals surface area contributed by atoms with E-state index in [1.807, 2.05) is 60.7 Å². The first kappa shape index (κ1) is 37.4. The number of rotatable bonds is 9. The summed E-state index contributed by atoms with van der Waals surface area (Å²) < 4.78 is 52.3. The molecule has 0 radical (unpaired) electrons. The van der Waals surface area contributed by atoms with Gasteiger partial charge in [-0.05, 0) is 80.1 Å². The standard InChI is InChI=1S/C38H38F3N5O4.BrH/c1-5-49-30-13-6-26(7-14-30)24-45-18-20-46(21-19-45)37(48)33-22-31-25(2)34(16-15-32(31)44(33)4)50-35-17-12-29(23-42-35)43(3)36(47)27-8-10-28(11-9-27)38(39,40)41;/h6-17,22-23H,5,18-21,24H2,1-4H3;1H. The minimum atomic E-state index is -4.48. The lowest BCUT2D eigenvalue weighted by Gasteiger charge is -2.34. The van der Waals surface area contributed by atoms with Crippen LogP contribution in [0.25, 0.3) is 10.9 Å². The van der Waals surface area contributed by atoms with E-state index < -0.39 is 17.6 Å². The summed E-state index contributed by atoms with van der Waals surface area (Å²) >= 11 is 0. The first-order chi connectivity index (χ1) is 23.9. The molecule has 1 saturated heterocycles. The molecule has 0 aliphatic carbocycles. The predicted octanol–water partition coefficient (Wildman–Crippen LogP) is 7.90. The van der Waals surface area contributed by atoms with E-state index in [1.54, 1.807) is 12.1 Å². The monoisotopic (exact) mass is 765 g/mol. The predicted molar refractivity (Wildman–Crippen MR) is 195 cm³/mol. The minimum absolute atomic E-state index is 0. The molecule has 3 aromatic carbocycles. The van der Waals surface area contributed by atoms with Gasteiger partial charge in [-0.25, -0.2) is 4.98 Å². The van der Waals surface area contributed by atoms with Crippen LogP contribution in [-0.2, 0) is 19.8 Å². The van der Waals surface area contributed by atoms with Crippen LogP contribution >= 0.6 is 17.0 Å². The van der Waals surface area contributed by atoms with Crippen molar-refractivity contribution in [3.05, 3.63) is 113 Å². The van der Waals surface area contributed by atoms with Gasteiger partial charge in [0.25, 0.3) is 11.8 Å². The van der Waals surface area contributed by atoms with Gasteiger partial charge in [-0.1, -0.05) is 12.1 Å². The summed E-state index contributed by atoms with van der Waals surface area (Å²) in [7, 11) is 3.41. The number of halogens is 4. The van der Waals surface area contributed by atoms with Crippen LogP contribution in [0.4, 0.5) is 18.9 Å². The Balaban J connectivity index is 0.00000504. The third-order valence-corrected chi connectivity index (χ3v) is 9.05. The number of amides is 2. The van der Waals surface area contributed by atoms with Crippen molar-refractivity contribution in [2.24, 2.45) is 7.05 Å². The van der Waals surface area contributed by atoms with Crippen molar-refractivity contribution in [2.45, 2.75) is 26.6 Å².